The van der Waals surface area contributed by atoms with Crippen molar-refractivity contribution in [3.05, 3.63) is 0 Å². The first-order valence-corrected chi connectivity index (χ1v) is 14.3. The van der Waals surface area contributed by atoms with Crippen LogP contribution in [-0.4, -0.2) is 44.6 Å². The molecule has 0 aromatic heterocycles. The fourth-order valence-electron chi connectivity index (χ4n) is 10.2. The Morgan fingerprint density at radius 3 is 1.91 bits per heavy atom. The van der Waals surface area contributed by atoms with Gasteiger partial charge in [0.05, 0.1) is 23.0 Å². The fourth-order valence-corrected chi connectivity index (χ4v) is 10.2. The molecule has 0 aromatic carbocycles. The molecule has 0 aromatic rings. The minimum atomic E-state index is -0.929. The Labute approximate surface area is 209 Å². The number of carbonyl (C=O) groups is 2. The molecule has 8 aliphatic rings. The van der Waals surface area contributed by atoms with Crippen molar-refractivity contribution < 1.29 is 29.3 Å². The van der Waals surface area contributed by atoms with Crippen LogP contribution in [0.1, 0.15) is 104 Å². The molecule has 6 heteroatoms. The highest BCUT2D eigenvalue weighted by atomic mass is 16.6. The molecule has 0 aliphatic heterocycles. The van der Waals surface area contributed by atoms with Crippen LogP contribution in [0.15, 0.2) is 0 Å². The number of esters is 2. The number of hydrogen-bond donors (Lipinski definition) is 2. The highest BCUT2D eigenvalue weighted by Gasteiger charge is 2.64. The lowest BCUT2D eigenvalue weighted by Gasteiger charge is -2.62. The SMILES string of the molecule is CCC(CC(C)C(=O)OC12CC3CC(O)(CC(O)(C3)C1)C2)C(=O)OC1(C)C2CC3CC(C2)CC1C3. The standard InChI is InChI=1S/C29H44O6/c1-4-21(25(31)34-26(3)22-7-18-6-19(9-22)10-23(26)8-18)5-17(2)24(30)35-29-13-20-11-27(32,15-29)14-28(33,12-20)16-29/h17-23,32-33H,4-16H2,1-3H3. The summed E-state index contributed by atoms with van der Waals surface area (Å²) in [5, 5.41) is 22.0. The van der Waals surface area contributed by atoms with Gasteiger partial charge in [-0.3, -0.25) is 9.59 Å². The van der Waals surface area contributed by atoms with Gasteiger partial charge < -0.3 is 19.7 Å². The average Bonchev–Trinajstić information content (AvgIpc) is 2.72. The van der Waals surface area contributed by atoms with E-state index < -0.39 is 22.7 Å². The van der Waals surface area contributed by atoms with E-state index in [2.05, 4.69) is 6.92 Å². The molecule has 8 rings (SSSR count). The summed E-state index contributed by atoms with van der Waals surface area (Å²) in [5.41, 5.74) is -2.99. The fraction of sp³-hybridized carbons (Fsp3) is 0.931. The third kappa shape index (κ3) is 4.05. The van der Waals surface area contributed by atoms with Gasteiger partial charge in [0, 0.05) is 19.3 Å². The first-order chi connectivity index (χ1) is 16.4. The molecule has 4 unspecified atom stereocenters. The zero-order valence-electron chi connectivity index (χ0n) is 21.8. The Kier molecular flexibility index (Phi) is 5.48. The lowest BCUT2D eigenvalue weighted by atomic mass is 9.50. The summed E-state index contributed by atoms with van der Waals surface area (Å²) in [6, 6.07) is 0. The van der Waals surface area contributed by atoms with E-state index in [9.17, 15) is 19.8 Å². The lowest BCUT2D eigenvalue weighted by Crippen LogP contribution is -2.67. The van der Waals surface area contributed by atoms with Crippen molar-refractivity contribution >= 4 is 11.9 Å². The largest absolute Gasteiger partial charge is 0.459 e. The van der Waals surface area contributed by atoms with Crippen molar-refractivity contribution in [2.75, 3.05) is 0 Å². The molecule has 2 N–H and O–H groups in total. The lowest BCUT2D eigenvalue weighted by molar-refractivity contribution is -0.262. The summed E-state index contributed by atoms with van der Waals surface area (Å²) in [4.78, 5) is 26.6. The van der Waals surface area contributed by atoms with Gasteiger partial charge in [-0.2, -0.15) is 0 Å². The molecule has 196 valence electrons. The Morgan fingerprint density at radius 1 is 0.829 bits per heavy atom. The van der Waals surface area contributed by atoms with Gasteiger partial charge in [-0.05, 0) is 101 Å². The third-order valence-electron chi connectivity index (χ3n) is 11.2. The van der Waals surface area contributed by atoms with E-state index in [1.54, 1.807) is 0 Å². The molecular weight excluding hydrogens is 444 g/mol. The summed E-state index contributed by atoms with van der Waals surface area (Å²) in [5.74, 6) is 1.58. The predicted octanol–water partition coefficient (Wildman–Crippen LogP) is 4.54. The van der Waals surface area contributed by atoms with Gasteiger partial charge in [-0.25, -0.2) is 0 Å². The minimum absolute atomic E-state index is 0.152. The molecule has 35 heavy (non-hydrogen) atoms. The van der Waals surface area contributed by atoms with E-state index in [-0.39, 0.29) is 29.4 Å². The van der Waals surface area contributed by atoms with Crippen molar-refractivity contribution in [1.82, 2.24) is 0 Å². The van der Waals surface area contributed by atoms with Gasteiger partial charge in [-0.1, -0.05) is 13.8 Å². The van der Waals surface area contributed by atoms with Crippen LogP contribution in [0.25, 0.3) is 0 Å². The van der Waals surface area contributed by atoms with Gasteiger partial charge in [0.1, 0.15) is 11.2 Å². The number of rotatable bonds is 7. The van der Waals surface area contributed by atoms with Gasteiger partial charge >= 0.3 is 11.9 Å². The van der Waals surface area contributed by atoms with Gasteiger partial charge in [-0.15, -0.1) is 0 Å². The molecule has 8 saturated carbocycles. The van der Waals surface area contributed by atoms with Crippen LogP contribution < -0.4 is 0 Å². The first-order valence-electron chi connectivity index (χ1n) is 14.3. The van der Waals surface area contributed by atoms with Gasteiger partial charge in [0.2, 0.25) is 0 Å². The number of carbonyl (C=O) groups excluding carboxylic acids is 2. The molecule has 8 aliphatic carbocycles. The number of aliphatic hydroxyl groups is 2. The maximum atomic E-state index is 13.4. The normalized spacial score (nSPS) is 50.7. The van der Waals surface area contributed by atoms with E-state index in [0.29, 0.717) is 56.8 Å². The van der Waals surface area contributed by atoms with Crippen LogP contribution in [0.5, 0.6) is 0 Å². The zero-order valence-corrected chi connectivity index (χ0v) is 21.8. The molecule has 8 fully saturated rings. The predicted molar refractivity (Wildman–Crippen MR) is 129 cm³/mol. The second-order valence-electron chi connectivity index (χ2n) is 14.2. The Bertz CT molecular complexity index is 850. The monoisotopic (exact) mass is 488 g/mol. The van der Waals surface area contributed by atoms with Gasteiger partial charge in [0.15, 0.2) is 0 Å². The molecule has 6 nitrogen and oxygen atoms in total. The van der Waals surface area contributed by atoms with Crippen LogP contribution in [0.4, 0.5) is 0 Å². The van der Waals surface area contributed by atoms with Gasteiger partial charge in [0.25, 0.3) is 0 Å². The van der Waals surface area contributed by atoms with Crippen LogP contribution in [0, 0.1) is 41.4 Å². The molecule has 0 heterocycles. The maximum absolute atomic E-state index is 13.4. The molecule has 0 spiro atoms. The Balaban J connectivity index is 1.09. The highest BCUT2D eigenvalue weighted by molar-refractivity contribution is 5.76. The highest BCUT2D eigenvalue weighted by Crippen LogP contribution is 2.61. The molecule has 0 saturated heterocycles. The number of ether oxygens (including phenoxy) is 2. The van der Waals surface area contributed by atoms with E-state index in [0.717, 1.165) is 18.3 Å². The van der Waals surface area contributed by atoms with E-state index in [1.165, 1.54) is 32.1 Å². The first kappa shape index (κ1) is 24.2. The molecule has 0 amide bonds. The maximum Gasteiger partial charge on any atom is 0.309 e. The van der Waals surface area contributed by atoms with E-state index >= 15 is 0 Å². The summed E-state index contributed by atoms with van der Waals surface area (Å²) in [6.07, 6.45) is 10.5. The second kappa shape index (κ2) is 7.93. The zero-order chi connectivity index (χ0) is 24.8. The van der Waals surface area contributed by atoms with Crippen LogP contribution in [0.2, 0.25) is 0 Å². The summed E-state index contributed by atoms with van der Waals surface area (Å²) in [7, 11) is 0. The average molecular weight is 489 g/mol. The Morgan fingerprint density at radius 2 is 1.40 bits per heavy atom. The molecule has 4 atom stereocenters. The van der Waals surface area contributed by atoms with Crippen molar-refractivity contribution in [2.45, 2.75) is 127 Å². The quantitative estimate of drug-likeness (QED) is 0.511. The summed E-state index contributed by atoms with van der Waals surface area (Å²) in [6.45, 7) is 6.00. The Hall–Kier alpha value is -1.14. The summed E-state index contributed by atoms with van der Waals surface area (Å²) >= 11 is 0. The minimum Gasteiger partial charge on any atom is -0.459 e. The van der Waals surface area contributed by atoms with Crippen LogP contribution >= 0.6 is 0 Å². The van der Waals surface area contributed by atoms with Crippen molar-refractivity contribution in [3.63, 3.8) is 0 Å². The second-order valence-corrected chi connectivity index (χ2v) is 14.2. The topological polar surface area (TPSA) is 93.1 Å². The molecule has 8 bridgehead atoms. The van der Waals surface area contributed by atoms with Crippen LogP contribution in [0.3, 0.4) is 0 Å². The third-order valence-corrected chi connectivity index (χ3v) is 11.2. The van der Waals surface area contributed by atoms with Crippen molar-refractivity contribution in [3.8, 4) is 0 Å². The van der Waals surface area contributed by atoms with Crippen molar-refractivity contribution in [1.29, 1.82) is 0 Å². The van der Waals surface area contributed by atoms with E-state index in [4.69, 9.17) is 9.47 Å². The summed E-state index contributed by atoms with van der Waals surface area (Å²) < 4.78 is 12.5. The smallest absolute Gasteiger partial charge is 0.309 e. The molecule has 0 radical (unpaired) electrons. The van der Waals surface area contributed by atoms with Crippen LogP contribution in [-0.2, 0) is 19.1 Å². The number of hydrogen-bond acceptors (Lipinski definition) is 6. The molecular formula is C29H44O6. The van der Waals surface area contributed by atoms with Crippen molar-refractivity contribution in [2.24, 2.45) is 41.4 Å². The van der Waals surface area contributed by atoms with E-state index in [1.807, 2.05) is 13.8 Å².